The molecule has 0 atom stereocenters. The summed E-state index contributed by atoms with van der Waals surface area (Å²) in [5, 5.41) is 1.93. The zero-order chi connectivity index (χ0) is 20.0. The van der Waals surface area contributed by atoms with E-state index in [0.29, 0.717) is 12.5 Å². The number of nitrogens with zero attached hydrogens (tertiary/aromatic N) is 4. The lowest BCUT2D eigenvalue weighted by Gasteiger charge is -2.45. The highest BCUT2D eigenvalue weighted by molar-refractivity contribution is 7.12. The Balaban J connectivity index is 1.55. The molecule has 1 saturated carbocycles. The van der Waals surface area contributed by atoms with E-state index in [1.54, 1.807) is 0 Å². The van der Waals surface area contributed by atoms with Crippen LogP contribution in [0.5, 0.6) is 0 Å². The molecule has 0 bridgehead atoms. The number of carbonyl (C=O) groups excluding carboxylic acids is 1. The van der Waals surface area contributed by atoms with Crippen LogP contribution in [0.1, 0.15) is 47.3 Å². The number of benzene rings is 1. The van der Waals surface area contributed by atoms with Crippen LogP contribution in [0.15, 0.2) is 45.7 Å². The molecule has 150 valence electrons. The summed E-state index contributed by atoms with van der Waals surface area (Å²) < 4.78 is 0. The third-order valence-electron chi connectivity index (χ3n) is 6.05. The summed E-state index contributed by atoms with van der Waals surface area (Å²) in [6, 6.07) is 10.00. The molecule has 8 heteroatoms. The molecule has 2 aliphatic heterocycles. The number of hydrogen-bond donors (Lipinski definition) is 2. The van der Waals surface area contributed by atoms with E-state index in [1.807, 2.05) is 27.3 Å². The van der Waals surface area contributed by atoms with Crippen LogP contribution in [-0.4, -0.2) is 30.0 Å². The van der Waals surface area contributed by atoms with Gasteiger partial charge in [0.05, 0.1) is 4.88 Å². The predicted octanol–water partition coefficient (Wildman–Crippen LogP) is 3.06. The van der Waals surface area contributed by atoms with Crippen molar-refractivity contribution in [3.63, 3.8) is 0 Å². The second-order valence-electron chi connectivity index (χ2n) is 7.82. The summed E-state index contributed by atoms with van der Waals surface area (Å²) in [6.45, 7) is 0.690. The molecule has 0 unspecified atom stereocenters. The van der Waals surface area contributed by atoms with Crippen LogP contribution in [0.3, 0.4) is 0 Å². The van der Waals surface area contributed by atoms with Crippen LogP contribution in [0.4, 0.5) is 11.4 Å². The van der Waals surface area contributed by atoms with Gasteiger partial charge in [-0.2, -0.15) is 4.99 Å². The van der Waals surface area contributed by atoms with E-state index < -0.39 is 5.66 Å². The Morgan fingerprint density at radius 1 is 1.14 bits per heavy atom. The van der Waals surface area contributed by atoms with Crippen LogP contribution >= 0.6 is 11.3 Å². The number of nitrogens with two attached hydrogens (primary N) is 2. The van der Waals surface area contributed by atoms with Gasteiger partial charge in [0.15, 0.2) is 0 Å². The topological polar surface area (TPSA) is 100 Å². The maximum Gasteiger partial charge on any atom is 0.268 e. The second kappa shape index (κ2) is 6.88. The first-order chi connectivity index (χ1) is 14.1. The number of hydrogen-bond acceptors (Lipinski definition) is 7. The quantitative estimate of drug-likeness (QED) is 0.797. The van der Waals surface area contributed by atoms with Gasteiger partial charge >= 0.3 is 0 Å². The Morgan fingerprint density at radius 2 is 1.97 bits per heavy atom. The molecule has 1 aliphatic carbocycles. The third kappa shape index (κ3) is 2.98. The van der Waals surface area contributed by atoms with Gasteiger partial charge in [-0.1, -0.05) is 18.6 Å². The number of thiophene rings is 1. The van der Waals surface area contributed by atoms with E-state index in [1.165, 1.54) is 23.3 Å². The summed E-state index contributed by atoms with van der Waals surface area (Å²) in [5.74, 6) is 0.663. The van der Waals surface area contributed by atoms with Gasteiger partial charge in [0.25, 0.3) is 5.91 Å². The molecule has 4 N–H and O–H groups in total. The SMILES string of the molecule is NC1=NC2(CCCCC2)N(c2ccc3c(c2)N(C(=O)c2cccs2)CC3)C(N)=N1. The summed E-state index contributed by atoms with van der Waals surface area (Å²) >= 11 is 1.47. The zero-order valence-electron chi connectivity index (χ0n) is 16.2. The van der Waals surface area contributed by atoms with E-state index >= 15 is 0 Å². The number of fused-ring (bicyclic) bond motifs is 1. The first-order valence-corrected chi connectivity index (χ1v) is 10.9. The van der Waals surface area contributed by atoms with E-state index in [9.17, 15) is 4.79 Å². The molecule has 29 heavy (non-hydrogen) atoms. The molecule has 1 aromatic carbocycles. The number of rotatable bonds is 2. The standard InChI is InChI=1S/C21H24N6OS/c22-19-24-20(23)27(21(25-19)9-2-1-3-10-21)15-7-6-14-8-11-26(16(14)13-15)18(28)17-5-4-12-29-17/h4-7,12-13H,1-3,8-11H2,(H4,22,23,24,25). The van der Waals surface area contributed by atoms with Crippen molar-refractivity contribution in [1.29, 1.82) is 0 Å². The molecule has 3 heterocycles. The number of anilines is 2. The van der Waals surface area contributed by atoms with E-state index in [-0.39, 0.29) is 11.9 Å². The summed E-state index contributed by atoms with van der Waals surface area (Å²) in [4.78, 5) is 26.6. The van der Waals surface area contributed by atoms with Crippen molar-refractivity contribution >= 4 is 40.5 Å². The van der Waals surface area contributed by atoms with Gasteiger partial charge in [0.2, 0.25) is 11.9 Å². The predicted molar refractivity (Wildman–Crippen MR) is 118 cm³/mol. The fourth-order valence-electron chi connectivity index (χ4n) is 4.75. The van der Waals surface area contributed by atoms with Crippen molar-refractivity contribution in [2.45, 2.75) is 44.2 Å². The zero-order valence-corrected chi connectivity index (χ0v) is 17.0. The molecule has 2 aromatic rings. The Kier molecular flexibility index (Phi) is 4.31. The maximum absolute atomic E-state index is 13.0. The monoisotopic (exact) mass is 408 g/mol. The minimum atomic E-state index is -0.483. The largest absolute Gasteiger partial charge is 0.369 e. The van der Waals surface area contributed by atoms with Crippen LogP contribution in [0.25, 0.3) is 0 Å². The van der Waals surface area contributed by atoms with E-state index in [2.05, 4.69) is 23.2 Å². The van der Waals surface area contributed by atoms with Crippen molar-refractivity contribution < 1.29 is 4.79 Å². The highest BCUT2D eigenvalue weighted by Crippen LogP contribution is 2.42. The van der Waals surface area contributed by atoms with Gasteiger partial charge in [0.1, 0.15) is 5.66 Å². The van der Waals surface area contributed by atoms with Gasteiger partial charge < -0.3 is 16.4 Å². The van der Waals surface area contributed by atoms with Crippen molar-refractivity contribution in [2.24, 2.45) is 21.5 Å². The Labute approximate surface area is 173 Å². The highest BCUT2D eigenvalue weighted by atomic mass is 32.1. The molecular formula is C21H24N6OS. The molecule has 1 amide bonds. The number of carbonyl (C=O) groups is 1. The lowest BCUT2D eigenvalue weighted by Crippen LogP contribution is -2.58. The van der Waals surface area contributed by atoms with Crippen LogP contribution in [0.2, 0.25) is 0 Å². The van der Waals surface area contributed by atoms with Gasteiger partial charge in [-0.15, -0.1) is 11.3 Å². The average molecular weight is 409 g/mol. The number of guanidine groups is 2. The number of amides is 1. The Bertz CT molecular complexity index is 1010. The lowest BCUT2D eigenvalue weighted by molar-refractivity contribution is 0.0993. The van der Waals surface area contributed by atoms with Crippen LogP contribution in [0, 0.1) is 0 Å². The van der Waals surface area contributed by atoms with Crippen molar-refractivity contribution in [3.8, 4) is 0 Å². The van der Waals surface area contributed by atoms with Gasteiger partial charge in [-0.3, -0.25) is 9.69 Å². The fourth-order valence-corrected chi connectivity index (χ4v) is 5.42. The molecule has 1 aromatic heterocycles. The van der Waals surface area contributed by atoms with Crippen molar-refractivity contribution in [1.82, 2.24) is 0 Å². The Morgan fingerprint density at radius 3 is 2.72 bits per heavy atom. The van der Waals surface area contributed by atoms with Crippen molar-refractivity contribution in [3.05, 3.63) is 46.2 Å². The van der Waals surface area contributed by atoms with Gasteiger partial charge in [0, 0.05) is 17.9 Å². The number of aliphatic imine (C=N–C) groups is 2. The average Bonchev–Trinajstić information content (AvgIpc) is 3.37. The first kappa shape index (κ1) is 18.2. The normalized spacial score (nSPS) is 20.4. The molecule has 5 rings (SSSR count). The molecule has 7 nitrogen and oxygen atoms in total. The van der Waals surface area contributed by atoms with Crippen LogP contribution < -0.4 is 21.3 Å². The van der Waals surface area contributed by atoms with Gasteiger partial charge in [-0.05, 0) is 61.2 Å². The maximum atomic E-state index is 13.0. The fraction of sp³-hybridized carbons (Fsp3) is 0.381. The molecule has 0 radical (unpaired) electrons. The minimum absolute atomic E-state index is 0.0471. The lowest BCUT2D eigenvalue weighted by atomic mass is 9.87. The molecule has 0 saturated heterocycles. The third-order valence-corrected chi connectivity index (χ3v) is 6.91. The summed E-state index contributed by atoms with van der Waals surface area (Å²) in [7, 11) is 0. The van der Waals surface area contributed by atoms with Crippen molar-refractivity contribution in [2.75, 3.05) is 16.3 Å². The second-order valence-corrected chi connectivity index (χ2v) is 8.76. The Hall–Kier alpha value is -2.87. The van der Waals surface area contributed by atoms with E-state index in [0.717, 1.165) is 48.4 Å². The smallest absolute Gasteiger partial charge is 0.268 e. The first-order valence-electron chi connectivity index (χ1n) is 10.1. The van der Waals surface area contributed by atoms with Crippen LogP contribution in [-0.2, 0) is 6.42 Å². The van der Waals surface area contributed by atoms with Gasteiger partial charge in [-0.25, -0.2) is 4.99 Å². The summed E-state index contributed by atoms with van der Waals surface area (Å²) in [5.41, 5.74) is 14.9. The molecule has 1 spiro atoms. The van der Waals surface area contributed by atoms with E-state index in [4.69, 9.17) is 16.5 Å². The molecular weight excluding hydrogens is 384 g/mol. The minimum Gasteiger partial charge on any atom is -0.369 e. The summed E-state index contributed by atoms with van der Waals surface area (Å²) in [6.07, 6.45) is 5.97. The molecule has 3 aliphatic rings. The molecule has 1 fully saturated rings. The highest BCUT2D eigenvalue weighted by Gasteiger charge is 2.43.